The summed E-state index contributed by atoms with van der Waals surface area (Å²) >= 11 is 1.14. The van der Waals surface area contributed by atoms with Gasteiger partial charge < -0.3 is 10.2 Å². The standard InChI is InChI=1S/C21H29N3O3S2/c1-16-6-8-18(9-7-16)23-29(26,27)19-10-13-28-20(19)21(25)22-14-17(2)15-24-11-4-3-5-12-24/h6-10,13,17,23H,3-5,11-12,14-15H2,1-2H3,(H,22,25). The third-order valence-electron chi connectivity index (χ3n) is 5.06. The van der Waals surface area contributed by atoms with Crippen molar-refractivity contribution < 1.29 is 13.2 Å². The second-order valence-electron chi connectivity index (χ2n) is 7.76. The number of nitrogens with one attached hydrogen (secondary N) is 2. The number of hydrogen-bond acceptors (Lipinski definition) is 5. The summed E-state index contributed by atoms with van der Waals surface area (Å²) in [6.45, 7) is 7.77. The lowest BCUT2D eigenvalue weighted by Crippen LogP contribution is -2.38. The normalized spacial score (nSPS) is 16.3. The number of carbonyl (C=O) groups excluding carboxylic acids is 1. The smallest absolute Gasteiger partial charge is 0.263 e. The molecule has 1 aliphatic rings. The van der Waals surface area contributed by atoms with Crippen molar-refractivity contribution in [1.29, 1.82) is 0 Å². The molecule has 1 fully saturated rings. The van der Waals surface area contributed by atoms with Gasteiger partial charge in [0.25, 0.3) is 15.9 Å². The SMILES string of the molecule is Cc1ccc(NS(=O)(=O)c2ccsc2C(=O)NCC(C)CN2CCCCC2)cc1. The molecule has 8 heteroatoms. The van der Waals surface area contributed by atoms with Crippen molar-refractivity contribution in [3.8, 4) is 0 Å². The van der Waals surface area contributed by atoms with Crippen molar-refractivity contribution in [1.82, 2.24) is 10.2 Å². The second kappa shape index (κ2) is 9.73. The highest BCUT2D eigenvalue weighted by molar-refractivity contribution is 7.93. The van der Waals surface area contributed by atoms with Crippen LogP contribution >= 0.6 is 11.3 Å². The Kier molecular flexibility index (Phi) is 7.32. The number of carbonyl (C=O) groups is 1. The zero-order valence-corrected chi connectivity index (χ0v) is 18.6. The molecule has 0 spiro atoms. The van der Waals surface area contributed by atoms with Gasteiger partial charge in [-0.3, -0.25) is 9.52 Å². The lowest BCUT2D eigenvalue weighted by atomic mass is 10.1. The fourth-order valence-electron chi connectivity index (χ4n) is 3.50. The number of thiophene rings is 1. The predicted molar refractivity (Wildman–Crippen MR) is 118 cm³/mol. The number of amides is 1. The lowest BCUT2D eigenvalue weighted by Gasteiger charge is -2.29. The number of sulfonamides is 1. The zero-order chi connectivity index (χ0) is 20.9. The van der Waals surface area contributed by atoms with E-state index < -0.39 is 10.0 Å². The first-order valence-corrected chi connectivity index (χ1v) is 12.4. The van der Waals surface area contributed by atoms with Gasteiger partial charge in [-0.25, -0.2) is 8.42 Å². The van der Waals surface area contributed by atoms with Crippen molar-refractivity contribution >= 4 is 33.0 Å². The summed E-state index contributed by atoms with van der Waals surface area (Å²) in [5.41, 5.74) is 1.52. The topological polar surface area (TPSA) is 78.5 Å². The van der Waals surface area contributed by atoms with Crippen LogP contribution in [0.2, 0.25) is 0 Å². The van der Waals surface area contributed by atoms with Crippen LogP contribution in [0.1, 0.15) is 41.4 Å². The molecule has 0 bridgehead atoms. The van der Waals surface area contributed by atoms with E-state index in [1.165, 1.54) is 25.3 Å². The molecule has 1 unspecified atom stereocenters. The molecule has 1 aromatic heterocycles. The minimum atomic E-state index is -3.83. The minimum Gasteiger partial charge on any atom is -0.351 e. The fraction of sp³-hybridized carbons (Fsp3) is 0.476. The molecular weight excluding hydrogens is 406 g/mol. The Morgan fingerprint density at radius 2 is 1.83 bits per heavy atom. The number of rotatable bonds is 8. The van der Waals surface area contributed by atoms with E-state index in [1.54, 1.807) is 17.5 Å². The van der Waals surface area contributed by atoms with Crippen molar-refractivity contribution in [2.24, 2.45) is 5.92 Å². The molecule has 1 amide bonds. The van der Waals surface area contributed by atoms with Crippen molar-refractivity contribution in [2.45, 2.75) is 38.0 Å². The number of hydrogen-bond donors (Lipinski definition) is 2. The summed E-state index contributed by atoms with van der Waals surface area (Å²) in [6, 6.07) is 8.57. The molecule has 2 N–H and O–H groups in total. The monoisotopic (exact) mass is 435 g/mol. The molecule has 0 aliphatic carbocycles. The highest BCUT2D eigenvalue weighted by Crippen LogP contribution is 2.24. The first-order chi connectivity index (χ1) is 13.8. The number of benzene rings is 1. The Balaban J connectivity index is 1.60. The maximum absolute atomic E-state index is 12.8. The van der Waals surface area contributed by atoms with Crippen molar-refractivity contribution in [3.05, 3.63) is 46.2 Å². The van der Waals surface area contributed by atoms with E-state index in [2.05, 4.69) is 21.9 Å². The highest BCUT2D eigenvalue weighted by Gasteiger charge is 2.24. The number of anilines is 1. The van der Waals surface area contributed by atoms with Crippen LogP contribution in [0, 0.1) is 12.8 Å². The molecule has 158 valence electrons. The van der Waals surface area contributed by atoms with Crippen LogP contribution in [0.3, 0.4) is 0 Å². The second-order valence-corrected chi connectivity index (χ2v) is 10.3. The van der Waals surface area contributed by atoms with E-state index in [0.29, 0.717) is 18.2 Å². The van der Waals surface area contributed by atoms with Gasteiger partial charge >= 0.3 is 0 Å². The van der Waals surface area contributed by atoms with Gasteiger partial charge in [-0.2, -0.15) is 0 Å². The fourth-order valence-corrected chi connectivity index (χ4v) is 5.90. The van der Waals surface area contributed by atoms with Gasteiger partial charge in [0.1, 0.15) is 9.77 Å². The van der Waals surface area contributed by atoms with Gasteiger partial charge in [-0.05, 0) is 62.4 Å². The molecule has 3 rings (SSSR count). The molecular formula is C21H29N3O3S2. The quantitative estimate of drug-likeness (QED) is 0.663. The third-order valence-corrected chi connectivity index (χ3v) is 7.52. The van der Waals surface area contributed by atoms with Crippen LogP contribution in [0.4, 0.5) is 5.69 Å². The summed E-state index contributed by atoms with van der Waals surface area (Å²) in [7, 11) is -3.83. The van der Waals surface area contributed by atoms with Crippen molar-refractivity contribution in [3.63, 3.8) is 0 Å². The van der Waals surface area contributed by atoms with Crippen LogP contribution in [0.25, 0.3) is 0 Å². The van der Waals surface area contributed by atoms with E-state index in [1.807, 2.05) is 19.1 Å². The summed E-state index contributed by atoms with van der Waals surface area (Å²) in [4.78, 5) is 15.3. The maximum atomic E-state index is 12.8. The zero-order valence-electron chi connectivity index (χ0n) is 17.0. The van der Waals surface area contributed by atoms with Gasteiger partial charge in [0.15, 0.2) is 0 Å². The van der Waals surface area contributed by atoms with E-state index in [4.69, 9.17) is 0 Å². The lowest BCUT2D eigenvalue weighted by molar-refractivity contribution is 0.0943. The number of aryl methyl sites for hydroxylation is 1. The van der Waals surface area contributed by atoms with Crippen LogP contribution < -0.4 is 10.0 Å². The third kappa shape index (κ3) is 6.04. The predicted octanol–water partition coefficient (Wildman–Crippen LogP) is 3.71. The van der Waals surface area contributed by atoms with E-state index in [9.17, 15) is 13.2 Å². The average Bonchev–Trinajstić information content (AvgIpc) is 3.20. The largest absolute Gasteiger partial charge is 0.351 e. The molecule has 0 saturated carbocycles. The molecule has 1 atom stereocenters. The van der Waals surface area contributed by atoms with Crippen LogP contribution in [0.15, 0.2) is 40.6 Å². The van der Waals surface area contributed by atoms with Gasteiger partial charge in [0.05, 0.1) is 0 Å². The summed E-state index contributed by atoms with van der Waals surface area (Å²) in [5.74, 6) is -0.0301. The molecule has 0 radical (unpaired) electrons. The molecule has 29 heavy (non-hydrogen) atoms. The molecule has 6 nitrogen and oxygen atoms in total. The molecule has 1 aromatic carbocycles. The molecule has 2 aromatic rings. The Bertz CT molecular complexity index is 917. The summed E-state index contributed by atoms with van der Waals surface area (Å²) < 4.78 is 28.1. The van der Waals surface area contributed by atoms with Crippen LogP contribution in [-0.4, -0.2) is 45.4 Å². The number of nitrogens with zero attached hydrogens (tertiary/aromatic N) is 1. The van der Waals surface area contributed by atoms with Gasteiger partial charge in [-0.1, -0.05) is 31.0 Å². The Morgan fingerprint density at radius 1 is 1.14 bits per heavy atom. The average molecular weight is 436 g/mol. The van der Waals surface area contributed by atoms with Crippen LogP contribution in [-0.2, 0) is 10.0 Å². The molecule has 1 saturated heterocycles. The van der Waals surface area contributed by atoms with Gasteiger partial charge in [0.2, 0.25) is 0 Å². The molecule has 1 aliphatic heterocycles. The van der Waals surface area contributed by atoms with Crippen molar-refractivity contribution in [2.75, 3.05) is 30.9 Å². The molecule has 2 heterocycles. The van der Waals surface area contributed by atoms with Gasteiger partial charge in [0, 0.05) is 18.8 Å². The van der Waals surface area contributed by atoms with E-state index >= 15 is 0 Å². The maximum Gasteiger partial charge on any atom is 0.263 e. The first kappa shape index (κ1) is 21.8. The number of likely N-dealkylation sites (tertiary alicyclic amines) is 1. The Morgan fingerprint density at radius 3 is 2.52 bits per heavy atom. The summed E-state index contributed by atoms with van der Waals surface area (Å²) in [6.07, 6.45) is 3.78. The highest BCUT2D eigenvalue weighted by atomic mass is 32.2. The first-order valence-electron chi connectivity index (χ1n) is 10.0. The minimum absolute atomic E-state index is 0.0178. The van der Waals surface area contributed by atoms with E-state index in [0.717, 1.165) is 36.5 Å². The van der Waals surface area contributed by atoms with E-state index in [-0.39, 0.29) is 15.7 Å². The van der Waals surface area contributed by atoms with Gasteiger partial charge in [-0.15, -0.1) is 11.3 Å². The number of piperidine rings is 1. The summed E-state index contributed by atoms with van der Waals surface area (Å²) in [5, 5.41) is 4.55. The Labute approximate surface area is 177 Å². The Hall–Kier alpha value is -1.90. The van der Waals surface area contributed by atoms with Crippen LogP contribution in [0.5, 0.6) is 0 Å².